The van der Waals surface area contributed by atoms with Crippen molar-refractivity contribution in [1.82, 2.24) is 9.97 Å². The van der Waals surface area contributed by atoms with Crippen LogP contribution in [0.15, 0.2) is 43.1 Å². The lowest BCUT2D eigenvalue weighted by Crippen LogP contribution is -2.30. The second-order valence-electron chi connectivity index (χ2n) is 7.08. The Morgan fingerprint density at radius 2 is 2.15 bits per heavy atom. The number of hydrogen-bond donors (Lipinski definition) is 1. The molecular weight excluding hydrogens is 354 g/mol. The van der Waals surface area contributed by atoms with Crippen LogP contribution in [0.2, 0.25) is 0 Å². The third kappa shape index (κ3) is 3.83. The van der Waals surface area contributed by atoms with E-state index in [-0.39, 0.29) is 5.91 Å². The molecular formula is C22H25N3OS. The van der Waals surface area contributed by atoms with Crippen molar-refractivity contribution in [3.63, 3.8) is 0 Å². The highest BCUT2D eigenvalue weighted by Gasteiger charge is 2.22. The quantitative estimate of drug-likeness (QED) is 0.584. The first-order chi connectivity index (χ1) is 13.3. The van der Waals surface area contributed by atoms with E-state index in [2.05, 4.69) is 36.0 Å². The number of amides is 1. The molecule has 0 saturated heterocycles. The largest absolute Gasteiger partial charge is 0.361 e. The van der Waals surface area contributed by atoms with Crippen molar-refractivity contribution in [2.75, 3.05) is 11.4 Å². The smallest absolute Gasteiger partial charge is 0.229 e. The van der Waals surface area contributed by atoms with Gasteiger partial charge in [-0.1, -0.05) is 24.3 Å². The summed E-state index contributed by atoms with van der Waals surface area (Å²) in [6.07, 6.45) is 10.7. The zero-order valence-corrected chi connectivity index (χ0v) is 16.4. The number of anilines is 1. The number of thiazole rings is 1. The van der Waals surface area contributed by atoms with Crippen LogP contribution >= 0.6 is 11.3 Å². The van der Waals surface area contributed by atoms with Gasteiger partial charge in [-0.2, -0.15) is 0 Å². The zero-order valence-electron chi connectivity index (χ0n) is 15.5. The molecule has 0 spiro atoms. The molecule has 4 nitrogen and oxygen atoms in total. The molecule has 3 aromatic rings. The lowest BCUT2D eigenvalue weighted by molar-refractivity contribution is -0.118. The first kappa shape index (κ1) is 18.0. The zero-order chi connectivity index (χ0) is 18.6. The summed E-state index contributed by atoms with van der Waals surface area (Å²) in [4.78, 5) is 24.1. The van der Waals surface area contributed by atoms with E-state index >= 15 is 0 Å². The lowest BCUT2D eigenvalue weighted by Gasteiger charge is -2.18. The second-order valence-corrected chi connectivity index (χ2v) is 8.14. The van der Waals surface area contributed by atoms with Crippen LogP contribution in [0.4, 0.5) is 5.13 Å². The number of nitrogens with one attached hydrogen (secondary N) is 1. The standard InChI is InChI=1S/C22H25N3OS/c1-2-14-25(22-24-19-11-5-6-12-20(19)27-22)21(26)13-7-8-16-15-23-18-10-4-3-9-17(16)18/h2-4,9-10,15,23H,1,5-8,11-14H2. The Balaban J connectivity index is 1.41. The maximum Gasteiger partial charge on any atom is 0.229 e. The van der Waals surface area contributed by atoms with Crippen LogP contribution in [0.3, 0.4) is 0 Å². The monoisotopic (exact) mass is 379 g/mol. The summed E-state index contributed by atoms with van der Waals surface area (Å²) in [5.74, 6) is 0.140. The molecule has 0 atom stereocenters. The van der Waals surface area contributed by atoms with Crippen LogP contribution in [0.5, 0.6) is 0 Å². The van der Waals surface area contributed by atoms with Gasteiger partial charge in [-0.05, 0) is 50.2 Å². The molecule has 1 aromatic carbocycles. The molecule has 140 valence electrons. The van der Waals surface area contributed by atoms with Gasteiger partial charge in [-0.15, -0.1) is 17.9 Å². The molecule has 1 aliphatic rings. The summed E-state index contributed by atoms with van der Waals surface area (Å²) in [6.45, 7) is 4.35. The van der Waals surface area contributed by atoms with Crippen LogP contribution in [0.1, 0.15) is 41.8 Å². The number of rotatable bonds is 7. The number of fused-ring (bicyclic) bond motifs is 2. The fourth-order valence-electron chi connectivity index (χ4n) is 3.77. The van der Waals surface area contributed by atoms with Crippen LogP contribution in [-0.4, -0.2) is 22.4 Å². The van der Waals surface area contributed by atoms with Crippen molar-refractivity contribution in [2.45, 2.75) is 44.9 Å². The van der Waals surface area contributed by atoms with E-state index in [0.717, 1.165) is 36.3 Å². The van der Waals surface area contributed by atoms with E-state index in [1.54, 1.807) is 17.4 Å². The second kappa shape index (κ2) is 8.09. The molecule has 0 unspecified atom stereocenters. The minimum Gasteiger partial charge on any atom is -0.361 e. The number of aryl methyl sites for hydroxylation is 3. The SMILES string of the molecule is C=CCN(C(=O)CCCc1c[nH]c2ccccc12)c1nc2c(s1)CCCC2. The molecule has 1 amide bonds. The number of hydrogen-bond acceptors (Lipinski definition) is 3. The Hall–Kier alpha value is -2.40. The third-order valence-corrected chi connectivity index (χ3v) is 6.37. The Morgan fingerprint density at radius 3 is 3.00 bits per heavy atom. The molecule has 27 heavy (non-hydrogen) atoms. The molecule has 0 saturated carbocycles. The lowest BCUT2D eigenvalue weighted by atomic mass is 10.0. The third-order valence-electron chi connectivity index (χ3n) is 5.19. The summed E-state index contributed by atoms with van der Waals surface area (Å²) in [5.41, 5.74) is 3.63. The van der Waals surface area contributed by atoms with Gasteiger partial charge in [0.15, 0.2) is 5.13 Å². The van der Waals surface area contributed by atoms with Crippen LogP contribution < -0.4 is 4.90 Å². The first-order valence-electron chi connectivity index (χ1n) is 9.71. The van der Waals surface area contributed by atoms with E-state index in [9.17, 15) is 4.79 Å². The summed E-state index contributed by atoms with van der Waals surface area (Å²) in [6, 6.07) is 8.31. The van der Waals surface area contributed by atoms with E-state index in [4.69, 9.17) is 4.98 Å². The predicted molar refractivity (Wildman–Crippen MR) is 113 cm³/mol. The van der Waals surface area contributed by atoms with Crippen molar-refractivity contribution in [2.24, 2.45) is 0 Å². The Bertz CT molecular complexity index is 932. The number of aromatic nitrogens is 2. The van der Waals surface area contributed by atoms with Gasteiger partial charge in [-0.25, -0.2) is 4.98 Å². The molecule has 0 aliphatic heterocycles. The summed E-state index contributed by atoms with van der Waals surface area (Å²) in [7, 11) is 0. The molecule has 0 fully saturated rings. The number of nitrogens with zero attached hydrogens (tertiary/aromatic N) is 2. The highest BCUT2D eigenvalue weighted by Crippen LogP contribution is 2.32. The molecule has 1 aliphatic carbocycles. The minimum atomic E-state index is 0.140. The van der Waals surface area contributed by atoms with Gasteiger partial charge in [-0.3, -0.25) is 9.69 Å². The van der Waals surface area contributed by atoms with E-state index < -0.39 is 0 Å². The number of carbonyl (C=O) groups is 1. The normalized spacial score (nSPS) is 13.5. The average Bonchev–Trinajstić information content (AvgIpc) is 3.30. The molecule has 0 bridgehead atoms. The predicted octanol–water partition coefficient (Wildman–Crippen LogP) is 5.05. The van der Waals surface area contributed by atoms with Crippen molar-refractivity contribution >= 4 is 33.3 Å². The molecule has 4 rings (SSSR count). The van der Waals surface area contributed by atoms with Gasteiger partial charge in [0.05, 0.1) is 5.69 Å². The Kier molecular flexibility index (Phi) is 5.39. The first-order valence-corrected chi connectivity index (χ1v) is 10.5. The fraction of sp³-hybridized carbons (Fsp3) is 0.364. The summed E-state index contributed by atoms with van der Waals surface area (Å²) >= 11 is 1.69. The van der Waals surface area contributed by atoms with Gasteiger partial charge < -0.3 is 4.98 Å². The maximum absolute atomic E-state index is 12.9. The van der Waals surface area contributed by atoms with E-state index in [1.807, 2.05) is 11.0 Å². The summed E-state index contributed by atoms with van der Waals surface area (Å²) in [5, 5.41) is 2.10. The molecule has 0 radical (unpaired) electrons. The highest BCUT2D eigenvalue weighted by molar-refractivity contribution is 7.16. The van der Waals surface area contributed by atoms with Crippen LogP contribution in [-0.2, 0) is 24.1 Å². The minimum absolute atomic E-state index is 0.140. The number of carbonyl (C=O) groups excluding carboxylic acids is 1. The Labute approximate surface area is 163 Å². The van der Waals surface area contributed by atoms with Crippen molar-refractivity contribution in [1.29, 1.82) is 0 Å². The van der Waals surface area contributed by atoms with Gasteiger partial charge in [0.25, 0.3) is 0 Å². The molecule has 5 heteroatoms. The number of H-pyrrole nitrogens is 1. The van der Waals surface area contributed by atoms with E-state index in [1.165, 1.54) is 34.4 Å². The topological polar surface area (TPSA) is 49.0 Å². The number of para-hydroxylation sites is 1. The van der Waals surface area contributed by atoms with Gasteiger partial charge in [0.1, 0.15) is 0 Å². The van der Waals surface area contributed by atoms with Crippen LogP contribution in [0, 0.1) is 0 Å². The average molecular weight is 380 g/mol. The van der Waals surface area contributed by atoms with Crippen LogP contribution in [0.25, 0.3) is 10.9 Å². The van der Waals surface area contributed by atoms with E-state index in [0.29, 0.717) is 13.0 Å². The van der Waals surface area contributed by atoms with Crippen molar-refractivity contribution < 1.29 is 4.79 Å². The molecule has 2 heterocycles. The Morgan fingerprint density at radius 1 is 1.30 bits per heavy atom. The molecule has 1 N–H and O–H groups in total. The highest BCUT2D eigenvalue weighted by atomic mass is 32.1. The van der Waals surface area contributed by atoms with Gasteiger partial charge >= 0.3 is 0 Å². The summed E-state index contributed by atoms with van der Waals surface area (Å²) < 4.78 is 0. The number of aromatic amines is 1. The number of benzene rings is 1. The maximum atomic E-state index is 12.9. The fourth-order valence-corrected chi connectivity index (χ4v) is 4.95. The molecule has 2 aromatic heterocycles. The van der Waals surface area contributed by atoms with Crippen molar-refractivity contribution in [3.8, 4) is 0 Å². The van der Waals surface area contributed by atoms with Gasteiger partial charge in [0, 0.05) is 34.9 Å². The van der Waals surface area contributed by atoms with Crippen molar-refractivity contribution in [3.05, 3.63) is 59.3 Å². The van der Waals surface area contributed by atoms with Gasteiger partial charge in [0.2, 0.25) is 5.91 Å².